The van der Waals surface area contributed by atoms with E-state index in [9.17, 15) is 4.39 Å². The number of hydrogen-bond donors (Lipinski definition) is 0. The van der Waals surface area contributed by atoms with Gasteiger partial charge in [-0.1, -0.05) is 32.2 Å². The molecule has 2 heteroatoms. The Hall–Kier alpha value is -0.525. The van der Waals surface area contributed by atoms with Gasteiger partial charge in [0.1, 0.15) is 13.1 Å². The van der Waals surface area contributed by atoms with Crippen LogP contribution in [0.25, 0.3) is 0 Å². The third-order valence-corrected chi connectivity index (χ3v) is 1.86. The van der Waals surface area contributed by atoms with E-state index in [4.69, 9.17) is 0 Å². The van der Waals surface area contributed by atoms with E-state index in [1.165, 1.54) is 6.92 Å². The molecule has 0 bridgehead atoms. The van der Waals surface area contributed by atoms with Crippen LogP contribution in [0.1, 0.15) is 20.8 Å². The molecule has 0 nitrogen and oxygen atoms in total. The van der Waals surface area contributed by atoms with Gasteiger partial charge in [-0.25, -0.2) is 4.39 Å². The maximum absolute atomic E-state index is 12.9. The molecule has 0 aromatic rings. The summed E-state index contributed by atoms with van der Waals surface area (Å²) in [6.45, 7) is 7.46. The normalized spacial score (nSPS) is 16.1. The Kier molecular flexibility index (Phi) is 5.78. The first-order chi connectivity index (χ1) is 5.63. The molecule has 0 aliphatic heterocycles. The molecule has 67 valence electrons. The number of allylic oxidation sites excluding steroid dienone is 4. The summed E-state index contributed by atoms with van der Waals surface area (Å²) in [4.78, 5) is 0. The minimum atomic E-state index is -0.0672. The molecule has 1 unspecified atom stereocenters. The van der Waals surface area contributed by atoms with Crippen molar-refractivity contribution in [3.05, 3.63) is 23.6 Å². The highest BCUT2D eigenvalue weighted by Crippen LogP contribution is 2.20. The Balaban J connectivity index is 4.42. The topological polar surface area (TPSA) is 0 Å². The average molecular weight is 167 g/mol. The SMILES string of the molecule is C[B]CC(C)C(/C=C\C)=C(/C)F. The Bertz CT molecular complexity index is 178. The van der Waals surface area contributed by atoms with Crippen LogP contribution < -0.4 is 0 Å². The lowest BCUT2D eigenvalue weighted by atomic mass is 9.71. The molecule has 0 saturated carbocycles. The van der Waals surface area contributed by atoms with Crippen molar-refractivity contribution in [2.24, 2.45) is 5.92 Å². The summed E-state index contributed by atoms with van der Waals surface area (Å²) >= 11 is 0. The van der Waals surface area contributed by atoms with Crippen LogP contribution in [0.5, 0.6) is 0 Å². The Morgan fingerprint density at radius 2 is 2.17 bits per heavy atom. The average Bonchev–Trinajstić information content (AvgIpc) is 1.99. The quantitative estimate of drug-likeness (QED) is 0.443. The maximum atomic E-state index is 12.9. The predicted molar refractivity (Wildman–Crippen MR) is 54.2 cm³/mol. The van der Waals surface area contributed by atoms with Crippen LogP contribution in [-0.2, 0) is 0 Å². The third-order valence-electron chi connectivity index (χ3n) is 1.86. The van der Waals surface area contributed by atoms with Gasteiger partial charge in [0.05, 0.1) is 0 Å². The van der Waals surface area contributed by atoms with E-state index in [2.05, 4.69) is 7.28 Å². The number of rotatable bonds is 4. The van der Waals surface area contributed by atoms with Gasteiger partial charge in [0.2, 0.25) is 0 Å². The predicted octanol–water partition coefficient (Wildman–Crippen LogP) is 3.61. The van der Waals surface area contributed by atoms with Crippen LogP contribution >= 0.6 is 0 Å². The number of hydrogen-bond acceptors (Lipinski definition) is 0. The standard InChI is InChI=1S/C10H17BF/c1-5-6-10(9(3)12)8(2)7-11-4/h5-6,8H,7H2,1-4H3/b6-5-,10-9-. The van der Waals surface area contributed by atoms with E-state index < -0.39 is 0 Å². The molecule has 0 heterocycles. The Morgan fingerprint density at radius 3 is 2.50 bits per heavy atom. The van der Waals surface area contributed by atoms with Gasteiger partial charge >= 0.3 is 0 Å². The van der Waals surface area contributed by atoms with Crippen molar-refractivity contribution in [3.63, 3.8) is 0 Å². The highest BCUT2D eigenvalue weighted by molar-refractivity contribution is 6.33. The summed E-state index contributed by atoms with van der Waals surface area (Å²) in [5, 5.41) is 0. The van der Waals surface area contributed by atoms with Crippen molar-refractivity contribution < 1.29 is 4.39 Å². The monoisotopic (exact) mass is 167 g/mol. The lowest BCUT2D eigenvalue weighted by molar-refractivity contribution is 0.604. The largest absolute Gasteiger partial charge is 0.212 e. The Labute approximate surface area is 75.8 Å². The van der Waals surface area contributed by atoms with E-state index in [1.54, 1.807) is 0 Å². The summed E-state index contributed by atoms with van der Waals surface area (Å²) in [6.07, 6.45) is 4.66. The van der Waals surface area contributed by atoms with Crippen LogP contribution in [0, 0.1) is 5.92 Å². The van der Waals surface area contributed by atoms with Gasteiger partial charge in [0.15, 0.2) is 0 Å². The second kappa shape index (κ2) is 6.04. The van der Waals surface area contributed by atoms with Crippen molar-refractivity contribution >= 4 is 7.28 Å². The molecule has 0 N–H and O–H groups in total. The number of halogens is 1. The first kappa shape index (κ1) is 11.5. The fourth-order valence-electron chi connectivity index (χ4n) is 1.28. The van der Waals surface area contributed by atoms with Crippen molar-refractivity contribution in [2.45, 2.75) is 33.9 Å². The first-order valence-electron chi connectivity index (χ1n) is 4.40. The molecular formula is C10H17BF. The molecule has 0 amide bonds. The van der Waals surface area contributed by atoms with E-state index in [-0.39, 0.29) is 11.7 Å². The molecule has 0 aromatic heterocycles. The molecule has 1 radical (unpaired) electrons. The summed E-state index contributed by atoms with van der Waals surface area (Å²) in [6, 6.07) is 0. The Morgan fingerprint density at radius 1 is 1.58 bits per heavy atom. The van der Waals surface area contributed by atoms with Crippen molar-refractivity contribution in [2.75, 3.05) is 0 Å². The minimum Gasteiger partial charge on any atom is -0.212 e. The van der Waals surface area contributed by atoms with E-state index in [0.717, 1.165) is 11.9 Å². The van der Waals surface area contributed by atoms with Crippen LogP contribution in [0.15, 0.2) is 23.6 Å². The highest BCUT2D eigenvalue weighted by atomic mass is 19.1. The zero-order valence-corrected chi connectivity index (χ0v) is 8.39. The lowest BCUT2D eigenvalue weighted by Gasteiger charge is -2.11. The van der Waals surface area contributed by atoms with Gasteiger partial charge in [-0.2, -0.15) is 0 Å². The first-order valence-corrected chi connectivity index (χ1v) is 4.40. The van der Waals surface area contributed by atoms with Crippen LogP contribution in [0.4, 0.5) is 4.39 Å². The minimum absolute atomic E-state index is 0.0672. The summed E-state index contributed by atoms with van der Waals surface area (Å²) in [5.74, 6) is 0.221. The molecule has 0 rings (SSSR count). The smallest absolute Gasteiger partial charge is 0.106 e. The van der Waals surface area contributed by atoms with Crippen molar-refractivity contribution in [1.29, 1.82) is 0 Å². The van der Waals surface area contributed by atoms with Crippen LogP contribution in [0.2, 0.25) is 13.1 Å². The molecule has 0 aliphatic rings. The second-order valence-electron chi connectivity index (χ2n) is 3.03. The summed E-state index contributed by atoms with van der Waals surface area (Å²) in [7, 11) is 2.07. The molecule has 0 saturated heterocycles. The fraction of sp³-hybridized carbons (Fsp3) is 0.600. The molecule has 12 heavy (non-hydrogen) atoms. The van der Waals surface area contributed by atoms with E-state index in [0.29, 0.717) is 0 Å². The van der Waals surface area contributed by atoms with Gasteiger partial charge in [0, 0.05) is 0 Å². The maximum Gasteiger partial charge on any atom is 0.106 e. The van der Waals surface area contributed by atoms with Crippen molar-refractivity contribution in [3.8, 4) is 0 Å². The zero-order chi connectivity index (χ0) is 9.56. The third kappa shape index (κ3) is 3.75. The molecule has 0 fully saturated rings. The van der Waals surface area contributed by atoms with Crippen LogP contribution in [0.3, 0.4) is 0 Å². The highest BCUT2D eigenvalue weighted by Gasteiger charge is 2.07. The van der Waals surface area contributed by atoms with Gasteiger partial charge in [-0.15, -0.1) is 0 Å². The van der Waals surface area contributed by atoms with E-state index in [1.807, 2.05) is 32.8 Å². The van der Waals surface area contributed by atoms with Gasteiger partial charge < -0.3 is 0 Å². The molecule has 0 aromatic carbocycles. The fourth-order valence-corrected chi connectivity index (χ4v) is 1.28. The summed E-state index contributed by atoms with van der Waals surface area (Å²) in [5.41, 5.74) is 0.815. The second-order valence-corrected chi connectivity index (χ2v) is 3.03. The van der Waals surface area contributed by atoms with Crippen LogP contribution in [-0.4, -0.2) is 7.28 Å². The molecular weight excluding hydrogens is 150 g/mol. The van der Waals surface area contributed by atoms with Gasteiger partial charge in [-0.3, -0.25) is 0 Å². The molecule has 0 spiro atoms. The van der Waals surface area contributed by atoms with Gasteiger partial charge in [0.25, 0.3) is 0 Å². The van der Waals surface area contributed by atoms with Gasteiger partial charge in [-0.05, 0) is 25.3 Å². The summed E-state index contributed by atoms with van der Waals surface area (Å²) < 4.78 is 12.9. The molecule has 0 aliphatic carbocycles. The lowest BCUT2D eigenvalue weighted by Crippen LogP contribution is -2.00. The molecule has 1 atom stereocenters. The van der Waals surface area contributed by atoms with E-state index >= 15 is 0 Å². The van der Waals surface area contributed by atoms with Crippen molar-refractivity contribution in [1.82, 2.24) is 0 Å². The zero-order valence-electron chi connectivity index (χ0n) is 8.39.